The summed E-state index contributed by atoms with van der Waals surface area (Å²) in [5, 5.41) is 18.5. The van der Waals surface area contributed by atoms with Gasteiger partial charge in [0.15, 0.2) is 5.69 Å². The summed E-state index contributed by atoms with van der Waals surface area (Å²) in [4.78, 5) is 12.3. The van der Waals surface area contributed by atoms with Crippen molar-refractivity contribution in [2.45, 2.75) is 13.8 Å². The summed E-state index contributed by atoms with van der Waals surface area (Å²) in [6, 6.07) is 3.51. The van der Waals surface area contributed by atoms with Crippen LogP contribution in [0.3, 0.4) is 0 Å². The van der Waals surface area contributed by atoms with Gasteiger partial charge < -0.3 is 10.2 Å². The van der Waals surface area contributed by atoms with E-state index in [-0.39, 0.29) is 17.3 Å². The second-order valence-corrected chi connectivity index (χ2v) is 4.56. The van der Waals surface area contributed by atoms with Gasteiger partial charge in [0.05, 0.1) is 11.9 Å². The maximum Gasteiger partial charge on any atom is 0.292 e. The third-order valence-corrected chi connectivity index (χ3v) is 2.87. The molecule has 0 aliphatic rings. The molecule has 3 N–H and O–H groups in total. The average Bonchev–Trinajstić information content (AvgIpc) is 3.20. The second kappa shape index (κ2) is 5.71. The van der Waals surface area contributed by atoms with Crippen LogP contribution in [0.25, 0.3) is 5.82 Å². The minimum atomic E-state index is -0.547. The molecule has 0 aliphatic heterocycles. The standard InChI is InChI=1S/C12H12N8O3/c1-6-3-4-8(22-6)5-14-16-12(21)9-7(2)15-19-20(9)11-10(13)17-23-18-11/h3-5H,1-2H3,(H2,13,17)(H,16,21)/b14-5-. The minimum absolute atomic E-state index is 0.0153. The topological polar surface area (TPSA) is 150 Å². The largest absolute Gasteiger partial charge is 0.460 e. The van der Waals surface area contributed by atoms with Crippen LogP contribution in [0.4, 0.5) is 5.82 Å². The third kappa shape index (κ3) is 2.79. The second-order valence-electron chi connectivity index (χ2n) is 4.56. The normalized spacial score (nSPS) is 11.2. The summed E-state index contributed by atoms with van der Waals surface area (Å²) >= 11 is 0. The van der Waals surface area contributed by atoms with Gasteiger partial charge in [0.1, 0.15) is 11.5 Å². The highest BCUT2D eigenvalue weighted by molar-refractivity contribution is 5.94. The molecule has 3 aromatic heterocycles. The number of rotatable bonds is 4. The molecule has 3 heterocycles. The van der Waals surface area contributed by atoms with Crippen molar-refractivity contribution in [1.29, 1.82) is 0 Å². The van der Waals surface area contributed by atoms with Gasteiger partial charge >= 0.3 is 0 Å². The fraction of sp³-hybridized carbons (Fsp3) is 0.167. The number of nitrogens with two attached hydrogens (primary N) is 1. The lowest BCUT2D eigenvalue weighted by molar-refractivity contribution is 0.0946. The lowest BCUT2D eigenvalue weighted by atomic mass is 10.3. The number of nitrogens with zero attached hydrogens (tertiary/aromatic N) is 6. The molecule has 1 amide bonds. The van der Waals surface area contributed by atoms with Crippen molar-refractivity contribution in [3.63, 3.8) is 0 Å². The number of nitrogens with one attached hydrogen (secondary N) is 1. The van der Waals surface area contributed by atoms with E-state index in [1.165, 1.54) is 6.21 Å². The van der Waals surface area contributed by atoms with Crippen LogP contribution in [-0.2, 0) is 0 Å². The van der Waals surface area contributed by atoms with Gasteiger partial charge in [0.2, 0.25) is 11.6 Å². The van der Waals surface area contributed by atoms with Crippen LogP contribution in [0.1, 0.15) is 27.7 Å². The van der Waals surface area contributed by atoms with E-state index in [1.54, 1.807) is 26.0 Å². The molecule has 0 aromatic carbocycles. The molecule has 0 atom stereocenters. The summed E-state index contributed by atoms with van der Waals surface area (Å²) in [5.41, 5.74) is 8.44. The van der Waals surface area contributed by atoms with Crippen LogP contribution in [0.2, 0.25) is 0 Å². The number of nitrogen functional groups attached to an aromatic ring is 1. The van der Waals surface area contributed by atoms with Crippen molar-refractivity contribution in [2.24, 2.45) is 5.10 Å². The van der Waals surface area contributed by atoms with Crippen LogP contribution in [0.5, 0.6) is 0 Å². The Bertz CT molecular complexity index is 875. The number of hydrogen-bond donors (Lipinski definition) is 2. The fourth-order valence-electron chi connectivity index (χ4n) is 1.83. The highest BCUT2D eigenvalue weighted by atomic mass is 16.6. The van der Waals surface area contributed by atoms with E-state index in [0.29, 0.717) is 11.5 Å². The van der Waals surface area contributed by atoms with Gasteiger partial charge in [-0.2, -0.15) is 9.78 Å². The zero-order valence-electron chi connectivity index (χ0n) is 12.2. The Morgan fingerprint density at radius 2 is 2.22 bits per heavy atom. The molecular weight excluding hydrogens is 304 g/mol. The van der Waals surface area contributed by atoms with Crippen molar-refractivity contribution in [3.05, 3.63) is 35.0 Å². The van der Waals surface area contributed by atoms with Gasteiger partial charge in [-0.15, -0.1) is 5.10 Å². The number of aromatic nitrogens is 5. The van der Waals surface area contributed by atoms with Gasteiger partial charge in [-0.3, -0.25) is 4.79 Å². The SMILES string of the molecule is Cc1ccc(/C=N\NC(=O)c2c(C)nnn2-c2nonc2N)o1. The van der Waals surface area contributed by atoms with E-state index >= 15 is 0 Å². The summed E-state index contributed by atoms with van der Waals surface area (Å²) < 4.78 is 10.9. The van der Waals surface area contributed by atoms with E-state index in [2.05, 4.69) is 35.8 Å². The molecule has 3 aromatic rings. The molecule has 0 radical (unpaired) electrons. The van der Waals surface area contributed by atoms with Gasteiger partial charge in [-0.05, 0) is 36.3 Å². The summed E-state index contributed by atoms with van der Waals surface area (Å²) in [6.07, 6.45) is 1.38. The van der Waals surface area contributed by atoms with E-state index in [4.69, 9.17) is 10.2 Å². The molecular formula is C12H12N8O3. The number of amides is 1. The first-order valence-corrected chi connectivity index (χ1v) is 6.47. The first kappa shape index (κ1) is 14.4. The number of aryl methyl sites for hydroxylation is 2. The maximum atomic E-state index is 12.3. The lowest BCUT2D eigenvalue weighted by Crippen LogP contribution is -2.22. The first-order chi connectivity index (χ1) is 11.1. The Morgan fingerprint density at radius 1 is 1.39 bits per heavy atom. The van der Waals surface area contributed by atoms with Crippen LogP contribution in [0, 0.1) is 13.8 Å². The molecule has 0 aliphatic carbocycles. The molecule has 0 fully saturated rings. The van der Waals surface area contributed by atoms with Crippen molar-refractivity contribution in [3.8, 4) is 5.82 Å². The van der Waals surface area contributed by atoms with E-state index in [0.717, 1.165) is 10.4 Å². The summed E-state index contributed by atoms with van der Waals surface area (Å²) in [7, 11) is 0. The number of hydrogen-bond acceptors (Lipinski definition) is 9. The average molecular weight is 316 g/mol. The van der Waals surface area contributed by atoms with Gasteiger partial charge in [-0.1, -0.05) is 5.21 Å². The van der Waals surface area contributed by atoms with Crippen molar-refractivity contribution < 1.29 is 13.8 Å². The van der Waals surface area contributed by atoms with Crippen molar-refractivity contribution in [1.82, 2.24) is 30.7 Å². The van der Waals surface area contributed by atoms with Gasteiger partial charge in [-0.25, -0.2) is 10.1 Å². The molecule has 11 heteroatoms. The van der Waals surface area contributed by atoms with Crippen LogP contribution >= 0.6 is 0 Å². The molecule has 0 bridgehead atoms. The van der Waals surface area contributed by atoms with Gasteiger partial charge in [0, 0.05) is 0 Å². The quantitative estimate of drug-likeness (QED) is 0.512. The molecule has 0 saturated heterocycles. The van der Waals surface area contributed by atoms with Crippen LogP contribution in [-0.4, -0.2) is 37.4 Å². The highest BCUT2D eigenvalue weighted by Gasteiger charge is 2.22. The number of carbonyl (C=O) groups is 1. The Kier molecular flexibility index (Phi) is 3.58. The van der Waals surface area contributed by atoms with Gasteiger partial charge in [0.25, 0.3) is 5.91 Å². The summed E-state index contributed by atoms with van der Waals surface area (Å²) in [6.45, 7) is 3.42. The van der Waals surface area contributed by atoms with Crippen LogP contribution < -0.4 is 11.2 Å². The number of hydrazone groups is 1. The molecule has 11 nitrogen and oxygen atoms in total. The molecule has 3 rings (SSSR count). The Labute approximate surface area is 129 Å². The van der Waals surface area contributed by atoms with E-state index in [9.17, 15) is 4.79 Å². The van der Waals surface area contributed by atoms with Crippen molar-refractivity contribution in [2.75, 3.05) is 5.73 Å². The Morgan fingerprint density at radius 3 is 2.87 bits per heavy atom. The number of furan rings is 1. The zero-order chi connectivity index (χ0) is 16.4. The predicted octanol–water partition coefficient (Wildman–Crippen LogP) is 0.206. The fourth-order valence-corrected chi connectivity index (χ4v) is 1.83. The maximum absolute atomic E-state index is 12.3. The molecule has 23 heavy (non-hydrogen) atoms. The highest BCUT2D eigenvalue weighted by Crippen LogP contribution is 2.14. The van der Waals surface area contributed by atoms with E-state index in [1.807, 2.05) is 0 Å². The zero-order valence-corrected chi connectivity index (χ0v) is 12.2. The lowest BCUT2D eigenvalue weighted by Gasteiger charge is -2.02. The van der Waals surface area contributed by atoms with E-state index < -0.39 is 5.91 Å². The smallest absolute Gasteiger partial charge is 0.292 e. The van der Waals surface area contributed by atoms with Crippen LogP contribution in [0.15, 0.2) is 26.3 Å². The summed E-state index contributed by atoms with van der Waals surface area (Å²) in [5.74, 6) is 0.760. The Hall–Kier alpha value is -3.50. The molecule has 0 saturated carbocycles. The molecule has 0 spiro atoms. The Balaban J connectivity index is 1.81. The molecule has 118 valence electrons. The predicted molar refractivity (Wildman–Crippen MR) is 76.9 cm³/mol. The number of anilines is 1. The van der Waals surface area contributed by atoms with Crippen molar-refractivity contribution >= 4 is 17.9 Å². The third-order valence-electron chi connectivity index (χ3n) is 2.87. The number of carbonyl (C=O) groups excluding carboxylic acids is 1. The molecule has 0 unspecified atom stereocenters. The first-order valence-electron chi connectivity index (χ1n) is 6.47. The monoisotopic (exact) mass is 316 g/mol. The minimum Gasteiger partial charge on any atom is -0.460 e.